The van der Waals surface area contributed by atoms with Crippen LogP contribution >= 0.6 is 0 Å². The Kier molecular flexibility index (Phi) is 4.65. The van der Waals surface area contributed by atoms with Gasteiger partial charge in [-0.2, -0.15) is 0 Å². The van der Waals surface area contributed by atoms with Gasteiger partial charge in [0.2, 0.25) is 10.0 Å². The highest BCUT2D eigenvalue weighted by molar-refractivity contribution is 7.89. The van der Waals surface area contributed by atoms with Crippen LogP contribution in [0, 0.1) is 0 Å². The van der Waals surface area contributed by atoms with Gasteiger partial charge in [0.05, 0.1) is 5.75 Å². The normalized spacial score (nSPS) is 11.5. The molecular weight excluding hydrogens is 240 g/mol. The Balaban J connectivity index is 2.46. The van der Waals surface area contributed by atoms with E-state index >= 15 is 0 Å². The van der Waals surface area contributed by atoms with E-state index in [2.05, 4.69) is 5.32 Å². The molecular formula is C11H16N2O3S. The average Bonchev–Trinajstić information content (AvgIpc) is 2.29. The second-order valence-corrected chi connectivity index (χ2v) is 6.02. The van der Waals surface area contributed by atoms with Crippen LogP contribution in [0.2, 0.25) is 0 Å². The van der Waals surface area contributed by atoms with Crippen LogP contribution in [0.15, 0.2) is 30.3 Å². The van der Waals surface area contributed by atoms with Gasteiger partial charge in [0.15, 0.2) is 0 Å². The van der Waals surface area contributed by atoms with Crippen molar-refractivity contribution in [1.29, 1.82) is 0 Å². The van der Waals surface area contributed by atoms with Crippen molar-refractivity contribution in [1.82, 2.24) is 9.62 Å². The Hall–Kier alpha value is -1.40. The van der Waals surface area contributed by atoms with Crippen LogP contribution in [0.3, 0.4) is 0 Å². The molecule has 0 fully saturated rings. The maximum absolute atomic E-state index is 11.6. The van der Waals surface area contributed by atoms with E-state index in [1.54, 1.807) is 24.3 Å². The monoisotopic (exact) mass is 256 g/mol. The highest BCUT2D eigenvalue weighted by Gasteiger charge is 2.13. The lowest BCUT2D eigenvalue weighted by atomic mass is 10.2. The molecule has 6 heteroatoms. The molecule has 0 unspecified atom stereocenters. The van der Waals surface area contributed by atoms with E-state index in [-0.39, 0.29) is 18.2 Å². The van der Waals surface area contributed by atoms with Gasteiger partial charge in [-0.25, -0.2) is 12.7 Å². The second-order valence-electron chi connectivity index (χ2n) is 3.72. The van der Waals surface area contributed by atoms with E-state index < -0.39 is 10.0 Å². The molecule has 1 amide bonds. The summed E-state index contributed by atoms with van der Waals surface area (Å²) in [5.41, 5.74) is 0.523. The highest BCUT2D eigenvalue weighted by atomic mass is 32.2. The number of hydrogen-bond donors (Lipinski definition) is 1. The number of amides is 1. The fourth-order valence-electron chi connectivity index (χ4n) is 1.17. The number of hydrogen-bond acceptors (Lipinski definition) is 3. The zero-order valence-corrected chi connectivity index (χ0v) is 10.7. The number of rotatable bonds is 5. The predicted octanol–water partition coefficient (Wildman–Crippen LogP) is 0.308. The van der Waals surface area contributed by atoms with E-state index in [1.807, 2.05) is 6.07 Å². The van der Waals surface area contributed by atoms with E-state index in [0.29, 0.717) is 5.56 Å². The fraction of sp³-hybridized carbons (Fsp3) is 0.364. The smallest absolute Gasteiger partial charge is 0.251 e. The van der Waals surface area contributed by atoms with Gasteiger partial charge < -0.3 is 5.32 Å². The summed E-state index contributed by atoms with van der Waals surface area (Å²) in [6.45, 7) is 0.105. The minimum Gasteiger partial charge on any atom is -0.351 e. The van der Waals surface area contributed by atoms with E-state index in [4.69, 9.17) is 0 Å². The van der Waals surface area contributed by atoms with Gasteiger partial charge in [-0.15, -0.1) is 0 Å². The summed E-state index contributed by atoms with van der Waals surface area (Å²) >= 11 is 0. The van der Waals surface area contributed by atoms with Crippen LogP contribution in [0.25, 0.3) is 0 Å². The maximum Gasteiger partial charge on any atom is 0.251 e. The van der Waals surface area contributed by atoms with E-state index in [9.17, 15) is 13.2 Å². The van der Waals surface area contributed by atoms with Gasteiger partial charge in [-0.1, -0.05) is 18.2 Å². The van der Waals surface area contributed by atoms with Crippen molar-refractivity contribution in [2.24, 2.45) is 0 Å². The molecule has 0 aliphatic carbocycles. The molecule has 1 N–H and O–H groups in total. The largest absolute Gasteiger partial charge is 0.351 e. The zero-order chi connectivity index (χ0) is 12.9. The summed E-state index contributed by atoms with van der Waals surface area (Å²) in [5, 5.41) is 2.57. The van der Waals surface area contributed by atoms with Gasteiger partial charge >= 0.3 is 0 Å². The Labute approximate surface area is 101 Å². The van der Waals surface area contributed by atoms with Crippen molar-refractivity contribution in [3.63, 3.8) is 0 Å². The quantitative estimate of drug-likeness (QED) is 0.824. The van der Waals surface area contributed by atoms with Crippen molar-refractivity contribution < 1.29 is 13.2 Å². The minimum atomic E-state index is -3.26. The zero-order valence-electron chi connectivity index (χ0n) is 9.88. The minimum absolute atomic E-state index is 0.0986. The predicted molar refractivity (Wildman–Crippen MR) is 66.2 cm³/mol. The lowest BCUT2D eigenvalue weighted by Gasteiger charge is -2.11. The van der Waals surface area contributed by atoms with Crippen molar-refractivity contribution in [2.45, 2.75) is 0 Å². The number of carbonyl (C=O) groups excluding carboxylic acids is 1. The first-order valence-electron chi connectivity index (χ1n) is 5.17. The molecule has 0 spiro atoms. The summed E-state index contributed by atoms with van der Waals surface area (Å²) < 4.78 is 24.0. The number of nitrogens with one attached hydrogen (secondary N) is 1. The van der Waals surface area contributed by atoms with Crippen LogP contribution in [0.1, 0.15) is 10.4 Å². The van der Waals surface area contributed by atoms with Crippen LogP contribution in [0.5, 0.6) is 0 Å². The van der Waals surface area contributed by atoms with Gasteiger partial charge in [-0.3, -0.25) is 4.79 Å². The molecule has 0 atom stereocenters. The fourth-order valence-corrected chi connectivity index (χ4v) is 1.89. The van der Waals surface area contributed by atoms with Crippen LogP contribution in [0.4, 0.5) is 0 Å². The maximum atomic E-state index is 11.6. The van der Waals surface area contributed by atoms with Gasteiger partial charge in [-0.05, 0) is 12.1 Å². The summed E-state index contributed by atoms with van der Waals surface area (Å²) in [7, 11) is -0.324. The molecule has 1 aromatic carbocycles. The van der Waals surface area contributed by atoms with Crippen molar-refractivity contribution in [3.05, 3.63) is 35.9 Å². The third-order valence-electron chi connectivity index (χ3n) is 2.24. The van der Waals surface area contributed by atoms with E-state index in [0.717, 1.165) is 4.31 Å². The molecule has 0 aliphatic rings. The third-order valence-corrected chi connectivity index (χ3v) is 4.07. The molecule has 94 valence electrons. The topological polar surface area (TPSA) is 66.5 Å². The standard InChI is InChI=1S/C11H16N2O3S/c1-13(2)17(15,16)9-8-12-11(14)10-6-4-3-5-7-10/h3-7H,8-9H2,1-2H3,(H,12,14). The van der Waals surface area contributed by atoms with Crippen molar-refractivity contribution in [2.75, 3.05) is 26.4 Å². The highest BCUT2D eigenvalue weighted by Crippen LogP contribution is 1.98. The summed E-state index contributed by atoms with van der Waals surface area (Å²) in [6, 6.07) is 8.68. The van der Waals surface area contributed by atoms with Gasteiger partial charge in [0.1, 0.15) is 0 Å². The first-order chi connectivity index (χ1) is 7.93. The van der Waals surface area contributed by atoms with Crippen molar-refractivity contribution >= 4 is 15.9 Å². The van der Waals surface area contributed by atoms with Crippen molar-refractivity contribution in [3.8, 4) is 0 Å². The summed E-state index contributed by atoms with van der Waals surface area (Å²) in [6.07, 6.45) is 0. The summed E-state index contributed by atoms with van der Waals surface area (Å²) in [4.78, 5) is 11.6. The number of sulfonamides is 1. The molecule has 1 aromatic rings. The molecule has 0 bridgehead atoms. The molecule has 17 heavy (non-hydrogen) atoms. The van der Waals surface area contributed by atoms with Gasteiger partial charge in [0, 0.05) is 26.2 Å². The Bertz CT molecular complexity index is 469. The molecule has 0 saturated carbocycles. The molecule has 0 aromatic heterocycles. The van der Waals surface area contributed by atoms with Crippen LogP contribution in [-0.2, 0) is 10.0 Å². The molecule has 1 rings (SSSR count). The second kappa shape index (κ2) is 5.79. The van der Waals surface area contributed by atoms with E-state index in [1.165, 1.54) is 14.1 Å². The number of carbonyl (C=O) groups is 1. The first kappa shape index (κ1) is 13.7. The van der Waals surface area contributed by atoms with Crippen LogP contribution < -0.4 is 5.32 Å². The SMILES string of the molecule is CN(C)S(=O)(=O)CCNC(=O)c1ccccc1. The number of nitrogens with zero attached hydrogens (tertiary/aromatic N) is 1. The molecule has 0 heterocycles. The Morgan fingerprint density at radius 1 is 1.24 bits per heavy atom. The number of benzene rings is 1. The molecule has 5 nitrogen and oxygen atoms in total. The average molecular weight is 256 g/mol. The first-order valence-corrected chi connectivity index (χ1v) is 6.78. The van der Waals surface area contributed by atoms with Gasteiger partial charge in [0.25, 0.3) is 5.91 Å². The Morgan fingerprint density at radius 2 is 1.82 bits per heavy atom. The third kappa shape index (κ3) is 4.16. The molecule has 0 radical (unpaired) electrons. The lowest BCUT2D eigenvalue weighted by Crippen LogP contribution is -2.33. The lowest BCUT2D eigenvalue weighted by molar-refractivity contribution is 0.0956. The molecule has 0 saturated heterocycles. The summed E-state index contributed by atoms with van der Waals surface area (Å²) in [5.74, 6) is -0.363. The Morgan fingerprint density at radius 3 is 2.35 bits per heavy atom. The molecule has 0 aliphatic heterocycles. The van der Waals surface area contributed by atoms with Crippen LogP contribution in [-0.4, -0.2) is 45.0 Å².